The number of likely N-dealkylation sites (tertiary alicyclic amines) is 1. The molecule has 1 aromatic carbocycles. The molecule has 0 N–H and O–H groups in total. The van der Waals surface area contributed by atoms with Gasteiger partial charge in [-0.05, 0) is 24.5 Å². The van der Waals surface area contributed by atoms with Gasteiger partial charge in [0.15, 0.2) is 0 Å². The number of nitrogens with zero attached hydrogens (tertiary/aromatic N) is 1. The van der Waals surface area contributed by atoms with Crippen LogP contribution in [0.4, 0.5) is 22.0 Å². The number of carbonyl (C=O) groups is 1. The van der Waals surface area contributed by atoms with Crippen LogP contribution in [-0.2, 0) is 17.4 Å². The third-order valence-corrected chi connectivity index (χ3v) is 4.89. The fourth-order valence-electron chi connectivity index (χ4n) is 3.25. The largest absolute Gasteiger partial charge is 0.416 e. The number of benzene rings is 1. The molecule has 1 aliphatic heterocycles. The normalized spacial score (nSPS) is 22.2. The molecule has 1 saturated heterocycles. The number of halogens is 5. The predicted molar refractivity (Wildman–Crippen MR) is 73.0 cm³/mol. The quantitative estimate of drug-likeness (QED) is 0.752. The van der Waals surface area contributed by atoms with Crippen molar-refractivity contribution in [3.63, 3.8) is 0 Å². The van der Waals surface area contributed by atoms with E-state index in [2.05, 4.69) is 0 Å². The number of carbonyl (C=O) groups excluding carboxylic acids is 1. The maximum absolute atomic E-state index is 13.3. The van der Waals surface area contributed by atoms with E-state index in [9.17, 15) is 26.7 Å². The lowest BCUT2D eigenvalue weighted by atomic mass is 9.92. The molecular weight excluding hydrogens is 317 g/mol. The minimum Gasteiger partial charge on any atom is -0.342 e. The Kier molecular flexibility index (Phi) is 3.65. The topological polar surface area (TPSA) is 20.3 Å². The van der Waals surface area contributed by atoms with Gasteiger partial charge in [-0.1, -0.05) is 18.2 Å². The highest BCUT2D eigenvalue weighted by molar-refractivity contribution is 5.79. The molecule has 0 bridgehead atoms. The van der Waals surface area contributed by atoms with E-state index in [1.165, 1.54) is 17.0 Å². The second-order valence-corrected chi connectivity index (χ2v) is 6.42. The second kappa shape index (κ2) is 5.18. The lowest BCUT2D eigenvalue weighted by Crippen LogP contribution is -2.41. The van der Waals surface area contributed by atoms with Crippen molar-refractivity contribution in [1.82, 2.24) is 4.90 Å². The number of amides is 1. The third-order valence-electron chi connectivity index (χ3n) is 4.89. The van der Waals surface area contributed by atoms with Crippen LogP contribution >= 0.6 is 0 Å². The van der Waals surface area contributed by atoms with Crippen molar-refractivity contribution >= 4 is 5.91 Å². The number of hydrogen-bond acceptors (Lipinski definition) is 1. The Balaban J connectivity index is 1.60. The molecule has 0 radical (unpaired) electrons. The van der Waals surface area contributed by atoms with Gasteiger partial charge in [-0.25, -0.2) is 8.78 Å². The van der Waals surface area contributed by atoms with Crippen molar-refractivity contribution in [2.24, 2.45) is 5.41 Å². The zero-order chi connectivity index (χ0) is 16.9. The first-order valence-corrected chi connectivity index (χ1v) is 7.45. The zero-order valence-corrected chi connectivity index (χ0v) is 12.3. The van der Waals surface area contributed by atoms with Crippen molar-refractivity contribution < 1.29 is 26.7 Å². The summed E-state index contributed by atoms with van der Waals surface area (Å²) in [5.74, 6) is -2.94. The van der Waals surface area contributed by atoms with Gasteiger partial charge in [-0.15, -0.1) is 0 Å². The lowest BCUT2D eigenvalue weighted by Gasteiger charge is -2.32. The highest BCUT2D eigenvalue weighted by Crippen LogP contribution is 2.65. The van der Waals surface area contributed by atoms with E-state index in [-0.39, 0.29) is 50.2 Å². The summed E-state index contributed by atoms with van der Waals surface area (Å²) in [4.78, 5) is 13.7. The number of hydrogen-bond donors (Lipinski definition) is 0. The minimum atomic E-state index is -4.45. The number of piperidine rings is 1. The van der Waals surface area contributed by atoms with Gasteiger partial charge in [0.2, 0.25) is 5.91 Å². The highest BCUT2D eigenvalue weighted by Gasteiger charge is 2.70. The average molecular weight is 333 g/mol. The summed E-state index contributed by atoms with van der Waals surface area (Å²) in [5, 5.41) is 0. The van der Waals surface area contributed by atoms with E-state index in [4.69, 9.17) is 0 Å². The number of rotatable bonds is 2. The molecule has 1 aliphatic carbocycles. The van der Waals surface area contributed by atoms with Gasteiger partial charge in [0.05, 0.1) is 12.0 Å². The Hall–Kier alpha value is -1.66. The van der Waals surface area contributed by atoms with E-state index >= 15 is 0 Å². The van der Waals surface area contributed by atoms with Gasteiger partial charge in [-0.3, -0.25) is 4.79 Å². The van der Waals surface area contributed by atoms with Gasteiger partial charge in [-0.2, -0.15) is 13.2 Å². The third kappa shape index (κ3) is 3.05. The first-order chi connectivity index (χ1) is 10.6. The Morgan fingerprint density at radius 2 is 1.78 bits per heavy atom. The molecule has 2 aliphatic rings. The molecule has 2 nitrogen and oxygen atoms in total. The van der Waals surface area contributed by atoms with Crippen LogP contribution in [0.2, 0.25) is 0 Å². The smallest absolute Gasteiger partial charge is 0.342 e. The van der Waals surface area contributed by atoms with E-state index in [1.807, 2.05) is 0 Å². The molecule has 126 valence electrons. The molecule has 1 amide bonds. The maximum atomic E-state index is 13.3. The Labute approximate surface area is 130 Å². The van der Waals surface area contributed by atoms with Crippen LogP contribution in [0.3, 0.4) is 0 Å². The van der Waals surface area contributed by atoms with E-state index in [0.717, 1.165) is 12.1 Å². The van der Waals surface area contributed by atoms with Crippen molar-refractivity contribution in [2.75, 3.05) is 13.1 Å². The summed E-state index contributed by atoms with van der Waals surface area (Å²) in [6.07, 6.45) is -4.19. The molecule has 2 fully saturated rings. The lowest BCUT2D eigenvalue weighted by molar-refractivity contribution is -0.138. The summed E-state index contributed by atoms with van der Waals surface area (Å²) >= 11 is 0. The predicted octanol–water partition coefficient (Wildman–Crippen LogP) is 3.90. The average Bonchev–Trinajstić information content (AvgIpc) is 2.99. The first-order valence-electron chi connectivity index (χ1n) is 7.45. The molecule has 7 heteroatoms. The molecular formula is C16H16F5NO. The van der Waals surface area contributed by atoms with Crippen molar-refractivity contribution in [2.45, 2.75) is 37.8 Å². The van der Waals surface area contributed by atoms with Crippen LogP contribution in [0.15, 0.2) is 24.3 Å². The monoisotopic (exact) mass is 333 g/mol. The number of alkyl halides is 5. The van der Waals surface area contributed by atoms with Gasteiger partial charge in [0.25, 0.3) is 5.92 Å². The molecule has 23 heavy (non-hydrogen) atoms. The van der Waals surface area contributed by atoms with Crippen molar-refractivity contribution in [3.05, 3.63) is 35.4 Å². The second-order valence-electron chi connectivity index (χ2n) is 6.42. The van der Waals surface area contributed by atoms with E-state index < -0.39 is 23.1 Å². The van der Waals surface area contributed by atoms with Crippen molar-refractivity contribution in [3.8, 4) is 0 Å². The SMILES string of the molecule is O=C(Cc1cccc(C(F)(F)F)c1)N1CCC2(CC1)CC2(F)F. The molecule has 0 atom stereocenters. The molecule has 1 saturated carbocycles. The van der Waals surface area contributed by atoms with Crippen LogP contribution in [0.5, 0.6) is 0 Å². The van der Waals surface area contributed by atoms with Gasteiger partial charge in [0.1, 0.15) is 0 Å². The van der Waals surface area contributed by atoms with Crippen molar-refractivity contribution in [1.29, 1.82) is 0 Å². The van der Waals surface area contributed by atoms with Gasteiger partial charge in [0, 0.05) is 24.9 Å². The van der Waals surface area contributed by atoms with E-state index in [1.54, 1.807) is 0 Å². The Bertz CT molecular complexity index is 617. The summed E-state index contributed by atoms with van der Waals surface area (Å²) in [7, 11) is 0. The standard InChI is InChI=1S/C16H16F5NO/c17-15(18)10-14(15)4-6-22(7-5-14)13(23)9-11-2-1-3-12(8-11)16(19,20)21/h1-3,8H,4-7,9-10H2. The first kappa shape index (κ1) is 16.2. The van der Waals surface area contributed by atoms with Crippen LogP contribution in [0.1, 0.15) is 30.4 Å². The highest BCUT2D eigenvalue weighted by atomic mass is 19.4. The molecule has 1 heterocycles. The molecule has 1 aromatic rings. The molecule has 1 spiro atoms. The minimum absolute atomic E-state index is 0.115. The Morgan fingerprint density at radius 1 is 1.17 bits per heavy atom. The maximum Gasteiger partial charge on any atom is 0.416 e. The molecule has 3 rings (SSSR count). The van der Waals surface area contributed by atoms with Crippen LogP contribution in [-0.4, -0.2) is 29.8 Å². The summed E-state index contributed by atoms with van der Waals surface area (Å²) in [6, 6.07) is 4.64. The van der Waals surface area contributed by atoms with Crippen LogP contribution in [0, 0.1) is 5.41 Å². The molecule has 0 unspecified atom stereocenters. The van der Waals surface area contributed by atoms with Crippen LogP contribution in [0.25, 0.3) is 0 Å². The Morgan fingerprint density at radius 3 is 2.30 bits per heavy atom. The summed E-state index contributed by atoms with van der Waals surface area (Å²) in [6.45, 7) is 0.487. The fraction of sp³-hybridized carbons (Fsp3) is 0.562. The zero-order valence-electron chi connectivity index (χ0n) is 12.3. The molecule has 0 aromatic heterocycles. The van der Waals surface area contributed by atoms with Gasteiger partial charge < -0.3 is 4.90 Å². The van der Waals surface area contributed by atoms with Gasteiger partial charge >= 0.3 is 6.18 Å². The van der Waals surface area contributed by atoms with Crippen LogP contribution < -0.4 is 0 Å². The summed E-state index contributed by atoms with van der Waals surface area (Å²) < 4.78 is 64.6. The summed E-state index contributed by atoms with van der Waals surface area (Å²) in [5.41, 5.74) is -1.46. The van der Waals surface area contributed by atoms with E-state index in [0.29, 0.717) is 0 Å². The fourth-order valence-corrected chi connectivity index (χ4v) is 3.25.